The maximum Gasteiger partial charge on any atom is 0.416 e. The van der Waals surface area contributed by atoms with Gasteiger partial charge in [-0.15, -0.1) is 0 Å². The molecule has 0 radical (unpaired) electrons. The number of carbonyl (C=O) groups is 1. The van der Waals surface area contributed by atoms with Crippen molar-refractivity contribution < 1.29 is 18.0 Å². The van der Waals surface area contributed by atoms with Crippen LogP contribution in [0, 0.1) is 0 Å². The lowest BCUT2D eigenvalue weighted by Gasteiger charge is -2.12. The van der Waals surface area contributed by atoms with E-state index in [-0.39, 0.29) is 11.6 Å². The van der Waals surface area contributed by atoms with Gasteiger partial charge < -0.3 is 5.32 Å². The molecule has 0 bridgehead atoms. The van der Waals surface area contributed by atoms with E-state index in [0.717, 1.165) is 17.7 Å². The van der Waals surface area contributed by atoms with Gasteiger partial charge in [-0.05, 0) is 23.3 Å². The molecule has 0 saturated carbocycles. The van der Waals surface area contributed by atoms with Crippen molar-refractivity contribution >= 4 is 5.91 Å². The molecule has 0 saturated heterocycles. The summed E-state index contributed by atoms with van der Waals surface area (Å²) in [5, 5.41) is 2.71. The molecule has 1 atom stereocenters. The summed E-state index contributed by atoms with van der Waals surface area (Å²) in [6.45, 7) is 0. The maximum absolute atomic E-state index is 12.7. The molecule has 2 aromatic rings. The van der Waals surface area contributed by atoms with Crippen molar-refractivity contribution in [1.82, 2.24) is 5.32 Å². The molecular formula is C15H10F3NO. The number of fused-ring (bicyclic) bond motifs is 1. The van der Waals surface area contributed by atoms with Crippen LogP contribution in [0.2, 0.25) is 0 Å². The van der Waals surface area contributed by atoms with E-state index in [9.17, 15) is 18.0 Å². The minimum atomic E-state index is -4.44. The standard InChI is InChI=1S/C15H10F3NO/c16-15(17,18)10-6-7-11-12(8-10)14(20)19-13(11)9-4-2-1-3-5-9/h1-8,13H,(H,19,20)/t13-/m0/s1. The fourth-order valence-corrected chi connectivity index (χ4v) is 2.38. The van der Waals surface area contributed by atoms with Crippen molar-refractivity contribution in [2.75, 3.05) is 0 Å². The zero-order chi connectivity index (χ0) is 14.3. The fraction of sp³-hybridized carbons (Fsp3) is 0.133. The summed E-state index contributed by atoms with van der Waals surface area (Å²) < 4.78 is 38.0. The number of carbonyl (C=O) groups excluding carboxylic acids is 1. The van der Waals surface area contributed by atoms with Gasteiger partial charge in [0.15, 0.2) is 0 Å². The number of alkyl halides is 3. The van der Waals surface area contributed by atoms with Crippen LogP contribution in [0.3, 0.4) is 0 Å². The SMILES string of the molecule is O=C1N[C@@H](c2ccccc2)c2ccc(C(F)(F)F)cc21. The molecule has 1 amide bonds. The number of rotatable bonds is 1. The Bertz CT molecular complexity index is 665. The van der Waals surface area contributed by atoms with Gasteiger partial charge in [-0.1, -0.05) is 36.4 Å². The smallest absolute Gasteiger partial charge is 0.341 e. The summed E-state index contributed by atoms with van der Waals surface area (Å²) in [7, 11) is 0. The number of amides is 1. The highest BCUT2D eigenvalue weighted by molar-refractivity contribution is 6.00. The Labute approximate surface area is 113 Å². The van der Waals surface area contributed by atoms with Gasteiger partial charge in [0.25, 0.3) is 5.91 Å². The van der Waals surface area contributed by atoms with Crippen LogP contribution in [0.4, 0.5) is 13.2 Å². The molecule has 0 spiro atoms. The molecule has 1 N–H and O–H groups in total. The Morgan fingerprint density at radius 2 is 1.70 bits per heavy atom. The van der Waals surface area contributed by atoms with Gasteiger partial charge >= 0.3 is 6.18 Å². The van der Waals surface area contributed by atoms with Gasteiger partial charge in [0.05, 0.1) is 11.6 Å². The van der Waals surface area contributed by atoms with E-state index in [0.29, 0.717) is 5.56 Å². The first-order valence-corrected chi connectivity index (χ1v) is 6.04. The summed E-state index contributed by atoms with van der Waals surface area (Å²) >= 11 is 0. The summed E-state index contributed by atoms with van der Waals surface area (Å²) in [5.41, 5.74) is 0.711. The Balaban J connectivity index is 2.07. The first-order chi connectivity index (χ1) is 9.47. The second kappa shape index (κ2) is 4.37. The third-order valence-corrected chi connectivity index (χ3v) is 3.34. The number of benzene rings is 2. The second-order valence-electron chi connectivity index (χ2n) is 4.62. The Morgan fingerprint density at radius 3 is 2.35 bits per heavy atom. The molecule has 2 nitrogen and oxygen atoms in total. The molecule has 0 aliphatic carbocycles. The quantitative estimate of drug-likeness (QED) is 0.848. The lowest BCUT2D eigenvalue weighted by atomic mass is 9.97. The summed E-state index contributed by atoms with van der Waals surface area (Å²) in [6, 6.07) is 12.0. The van der Waals surface area contributed by atoms with Gasteiger partial charge in [0, 0.05) is 5.56 Å². The van der Waals surface area contributed by atoms with Crippen LogP contribution >= 0.6 is 0 Å². The van der Waals surface area contributed by atoms with Crippen LogP contribution in [0.15, 0.2) is 48.5 Å². The lowest BCUT2D eigenvalue weighted by Crippen LogP contribution is -2.19. The van der Waals surface area contributed by atoms with Crippen LogP contribution in [0.1, 0.15) is 33.1 Å². The van der Waals surface area contributed by atoms with E-state index in [1.54, 1.807) is 0 Å². The molecule has 2 aromatic carbocycles. The minimum absolute atomic E-state index is 0.0914. The molecule has 0 fully saturated rings. The highest BCUT2D eigenvalue weighted by Crippen LogP contribution is 2.36. The molecule has 20 heavy (non-hydrogen) atoms. The van der Waals surface area contributed by atoms with Gasteiger partial charge in [-0.2, -0.15) is 13.2 Å². The van der Waals surface area contributed by atoms with E-state index in [2.05, 4.69) is 5.32 Å². The van der Waals surface area contributed by atoms with Crippen molar-refractivity contribution in [2.45, 2.75) is 12.2 Å². The van der Waals surface area contributed by atoms with Gasteiger partial charge in [-0.3, -0.25) is 4.79 Å². The number of halogens is 3. The monoisotopic (exact) mass is 277 g/mol. The Kier molecular flexibility index (Phi) is 2.78. The third kappa shape index (κ3) is 2.05. The molecule has 0 unspecified atom stereocenters. The van der Waals surface area contributed by atoms with Crippen molar-refractivity contribution in [1.29, 1.82) is 0 Å². The summed E-state index contributed by atoms with van der Waals surface area (Å²) in [6.07, 6.45) is -4.44. The topological polar surface area (TPSA) is 29.1 Å². The minimum Gasteiger partial charge on any atom is -0.341 e. The van der Waals surface area contributed by atoms with Gasteiger partial charge in [0.1, 0.15) is 0 Å². The molecule has 1 aliphatic heterocycles. The van der Waals surface area contributed by atoms with Crippen molar-refractivity contribution in [2.24, 2.45) is 0 Å². The number of hydrogen-bond acceptors (Lipinski definition) is 1. The normalized spacial score (nSPS) is 17.8. The molecule has 0 aromatic heterocycles. The van der Waals surface area contributed by atoms with Crippen LogP contribution in [0.5, 0.6) is 0 Å². The third-order valence-electron chi connectivity index (χ3n) is 3.34. The average Bonchev–Trinajstić information content (AvgIpc) is 2.76. The van der Waals surface area contributed by atoms with Crippen LogP contribution in [0.25, 0.3) is 0 Å². The molecular weight excluding hydrogens is 267 g/mol. The molecule has 3 rings (SSSR count). The van der Waals surface area contributed by atoms with E-state index in [1.807, 2.05) is 30.3 Å². The van der Waals surface area contributed by atoms with Crippen molar-refractivity contribution in [3.8, 4) is 0 Å². The van der Waals surface area contributed by atoms with E-state index in [1.165, 1.54) is 6.07 Å². The Morgan fingerprint density at radius 1 is 1.00 bits per heavy atom. The predicted octanol–water partition coefficient (Wildman–Crippen LogP) is 3.54. The molecule has 1 aliphatic rings. The molecule has 5 heteroatoms. The lowest BCUT2D eigenvalue weighted by molar-refractivity contribution is -0.137. The number of hydrogen-bond donors (Lipinski definition) is 1. The van der Waals surface area contributed by atoms with E-state index < -0.39 is 17.6 Å². The number of nitrogens with one attached hydrogen (secondary N) is 1. The van der Waals surface area contributed by atoms with E-state index in [4.69, 9.17) is 0 Å². The van der Waals surface area contributed by atoms with Crippen molar-refractivity contribution in [3.63, 3.8) is 0 Å². The first kappa shape index (κ1) is 12.7. The van der Waals surface area contributed by atoms with Crippen LogP contribution in [-0.4, -0.2) is 5.91 Å². The van der Waals surface area contributed by atoms with Gasteiger partial charge in [0.2, 0.25) is 0 Å². The van der Waals surface area contributed by atoms with Crippen LogP contribution < -0.4 is 5.32 Å². The molecule has 1 heterocycles. The maximum atomic E-state index is 12.7. The van der Waals surface area contributed by atoms with E-state index >= 15 is 0 Å². The largest absolute Gasteiger partial charge is 0.416 e. The zero-order valence-electron chi connectivity index (χ0n) is 10.2. The molecule has 102 valence electrons. The highest BCUT2D eigenvalue weighted by atomic mass is 19.4. The second-order valence-corrected chi connectivity index (χ2v) is 4.62. The van der Waals surface area contributed by atoms with Gasteiger partial charge in [-0.25, -0.2) is 0 Å². The summed E-state index contributed by atoms with van der Waals surface area (Å²) in [5.74, 6) is -0.472. The first-order valence-electron chi connectivity index (χ1n) is 6.04. The highest BCUT2D eigenvalue weighted by Gasteiger charge is 2.35. The summed E-state index contributed by atoms with van der Waals surface area (Å²) in [4.78, 5) is 11.8. The van der Waals surface area contributed by atoms with Crippen molar-refractivity contribution in [3.05, 3.63) is 70.8 Å². The zero-order valence-corrected chi connectivity index (χ0v) is 10.2. The van der Waals surface area contributed by atoms with Crippen LogP contribution in [-0.2, 0) is 6.18 Å². The average molecular weight is 277 g/mol. The Hall–Kier alpha value is -2.30. The predicted molar refractivity (Wildman–Crippen MR) is 67.2 cm³/mol. The fourth-order valence-electron chi connectivity index (χ4n) is 2.38.